The van der Waals surface area contributed by atoms with Crippen LogP contribution in [0.3, 0.4) is 0 Å². The van der Waals surface area contributed by atoms with Gasteiger partial charge >= 0.3 is 7.60 Å². The number of rotatable bonds is 4. The van der Waals surface area contributed by atoms with Crippen LogP contribution in [-0.2, 0) is 17.4 Å². The fourth-order valence-corrected chi connectivity index (χ4v) is 2.87. The van der Waals surface area contributed by atoms with Gasteiger partial charge in [0.05, 0.1) is 5.30 Å². The van der Waals surface area contributed by atoms with E-state index < -0.39 is 7.60 Å². The van der Waals surface area contributed by atoms with Crippen LogP contribution in [0.15, 0.2) is 42.5 Å². The van der Waals surface area contributed by atoms with Crippen molar-refractivity contribution in [1.82, 2.24) is 0 Å². The molecule has 0 fully saturated rings. The molecule has 0 heterocycles. The summed E-state index contributed by atoms with van der Waals surface area (Å²) in [6.07, 6.45) is 0.864. The summed E-state index contributed by atoms with van der Waals surface area (Å²) in [5.74, 6) is 0.113. The Balaban J connectivity index is 2.25. The Hall–Kier alpha value is -1.81. The maximum atomic E-state index is 11.4. The van der Waals surface area contributed by atoms with E-state index in [4.69, 9.17) is 0 Å². The highest BCUT2D eigenvalue weighted by Gasteiger charge is 2.21. The molecule has 4 N–H and O–H groups in total. The Morgan fingerprint density at radius 1 is 0.900 bits per heavy atom. The van der Waals surface area contributed by atoms with Crippen LogP contribution in [0.4, 0.5) is 0 Å². The summed E-state index contributed by atoms with van der Waals surface area (Å²) in [5, 5.41) is 18.8. The molecule has 0 aliphatic carbocycles. The molecule has 0 unspecified atom stereocenters. The minimum absolute atomic E-state index is 0.0342. The molecule has 2 rings (SSSR count). The van der Waals surface area contributed by atoms with E-state index in [2.05, 4.69) is 0 Å². The first-order valence-electron chi connectivity index (χ1n) is 6.02. The van der Waals surface area contributed by atoms with Gasteiger partial charge in [0.2, 0.25) is 0 Å². The third kappa shape index (κ3) is 3.61. The zero-order valence-electron chi connectivity index (χ0n) is 10.6. The van der Waals surface area contributed by atoms with Crippen LogP contribution < -0.4 is 5.30 Å². The fourth-order valence-electron chi connectivity index (χ4n) is 2.05. The van der Waals surface area contributed by atoms with Gasteiger partial charge in [0, 0.05) is 0 Å². The third-order valence-electron chi connectivity index (χ3n) is 2.97. The van der Waals surface area contributed by atoms with Crippen molar-refractivity contribution in [3.8, 4) is 11.5 Å². The van der Waals surface area contributed by atoms with Gasteiger partial charge in [-0.15, -0.1) is 0 Å². The number of phenols is 2. The summed E-state index contributed by atoms with van der Waals surface area (Å²) in [6, 6.07) is 10.5. The fraction of sp³-hybridized carbons (Fsp3) is 0.143. The second kappa shape index (κ2) is 5.67. The molecular formula is C14H15O5P. The number of aryl methyl sites for hydroxylation is 2. The lowest BCUT2D eigenvalue weighted by atomic mass is 10.0. The number of aromatic hydroxyl groups is 2. The van der Waals surface area contributed by atoms with Crippen LogP contribution in [0.2, 0.25) is 0 Å². The average molecular weight is 294 g/mol. The normalized spacial score (nSPS) is 11.5. The van der Waals surface area contributed by atoms with Crippen molar-refractivity contribution in [2.45, 2.75) is 12.8 Å². The molecule has 0 aromatic heterocycles. The lowest BCUT2D eigenvalue weighted by Crippen LogP contribution is -2.11. The van der Waals surface area contributed by atoms with Gasteiger partial charge in [-0.3, -0.25) is 4.57 Å². The van der Waals surface area contributed by atoms with Gasteiger partial charge in [0.15, 0.2) is 0 Å². The molecule has 0 spiro atoms. The molecule has 2 aromatic rings. The molecule has 0 saturated carbocycles. The number of hydrogen-bond donors (Lipinski definition) is 4. The van der Waals surface area contributed by atoms with Crippen LogP contribution in [0.25, 0.3) is 0 Å². The van der Waals surface area contributed by atoms with Gasteiger partial charge in [0.25, 0.3) is 0 Å². The summed E-state index contributed by atoms with van der Waals surface area (Å²) in [6.45, 7) is 0. The number of hydrogen-bond acceptors (Lipinski definition) is 3. The Morgan fingerprint density at radius 2 is 1.60 bits per heavy atom. The highest BCUT2D eigenvalue weighted by atomic mass is 31.2. The van der Waals surface area contributed by atoms with E-state index in [0.717, 1.165) is 5.56 Å². The molecule has 0 bridgehead atoms. The van der Waals surface area contributed by atoms with Gasteiger partial charge in [-0.1, -0.05) is 12.1 Å². The Morgan fingerprint density at radius 3 is 2.25 bits per heavy atom. The van der Waals surface area contributed by atoms with Crippen LogP contribution >= 0.6 is 7.60 Å². The van der Waals surface area contributed by atoms with Crippen molar-refractivity contribution >= 4 is 12.9 Å². The first kappa shape index (κ1) is 14.6. The van der Waals surface area contributed by atoms with Crippen molar-refractivity contribution in [3.05, 3.63) is 53.6 Å². The topological polar surface area (TPSA) is 98.0 Å². The molecular weight excluding hydrogens is 279 g/mol. The number of phenolic OH excluding ortho intramolecular Hbond substituents is 2. The van der Waals surface area contributed by atoms with Crippen LogP contribution in [0.1, 0.15) is 11.1 Å². The molecule has 0 radical (unpaired) electrons. The summed E-state index contributed by atoms with van der Waals surface area (Å²) in [5.41, 5.74) is 1.26. The standard InChI is InChI=1S/C14H15O5P/c15-12-3-1-2-10(8-12)4-5-11-9-13(16)6-7-14(11)20(17,18)19/h1-3,6-9,15-16H,4-5H2,(H2,17,18,19). The van der Waals surface area contributed by atoms with Gasteiger partial charge in [-0.05, 0) is 54.3 Å². The van der Waals surface area contributed by atoms with E-state index in [0.29, 0.717) is 18.4 Å². The maximum Gasteiger partial charge on any atom is 0.356 e. The molecule has 2 aromatic carbocycles. The van der Waals surface area contributed by atoms with Crippen molar-refractivity contribution in [3.63, 3.8) is 0 Å². The van der Waals surface area contributed by atoms with Crippen LogP contribution in [0.5, 0.6) is 11.5 Å². The van der Waals surface area contributed by atoms with E-state index >= 15 is 0 Å². The third-order valence-corrected chi connectivity index (χ3v) is 4.03. The molecule has 0 amide bonds. The molecule has 5 nitrogen and oxygen atoms in total. The Bertz CT molecular complexity index is 662. The minimum atomic E-state index is -4.37. The predicted octanol–water partition coefficient (Wildman–Crippen LogP) is 1.69. The highest BCUT2D eigenvalue weighted by Crippen LogP contribution is 2.36. The molecule has 0 aliphatic rings. The largest absolute Gasteiger partial charge is 0.508 e. The minimum Gasteiger partial charge on any atom is -0.508 e. The first-order chi connectivity index (χ1) is 9.36. The molecule has 20 heavy (non-hydrogen) atoms. The summed E-state index contributed by atoms with van der Waals surface area (Å²) in [4.78, 5) is 18.6. The van der Waals surface area contributed by atoms with Gasteiger partial charge in [-0.2, -0.15) is 0 Å². The van der Waals surface area contributed by atoms with E-state index in [1.807, 2.05) is 6.07 Å². The van der Waals surface area contributed by atoms with E-state index in [1.165, 1.54) is 18.2 Å². The second-order valence-corrected chi connectivity index (χ2v) is 6.10. The first-order valence-corrected chi connectivity index (χ1v) is 7.63. The highest BCUT2D eigenvalue weighted by molar-refractivity contribution is 7.60. The Kier molecular flexibility index (Phi) is 4.14. The number of benzene rings is 2. The molecule has 6 heteroatoms. The quantitative estimate of drug-likeness (QED) is 0.643. The van der Waals surface area contributed by atoms with E-state index in [1.54, 1.807) is 18.2 Å². The SMILES string of the molecule is O=P(O)(O)c1ccc(O)cc1CCc1cccc(O)c1. The smallest absolute Gasteiger partial charge is 0.356 e. The predicted molar refractivity (Wildman–Crippen MR) is 75.3 cm³/mol. The monoisotopic (exact) mass is 294 g/mol. The molecule has 0 aliphatic heterocycles. The van der Waals surface area contributed by atoms with E-state index in [9.17, 15) is 24.6 Å². The van der Waals surface area contributed by atoms with Crippen molar-refractivity contribution in [2.24, 2.45) is 0 Å². The summed E-state index contributed by atoms with van der Waals surface area (Å²) < 4.78 is 11.4. The summed E-state index contributed by atoms with van der Waals surface area (Å²) >= 11 is 0. The zero-order valence-corrected chi connectivity index (χ0v) is 11.5. The average Bonchev–Trinajstić information content (AvgIpc) is 2.35. The van der Waals surface area contributed by atoms with Gasteiger partial charge < -0.3 is 20.0 Å². The van der Waals surface area contributed by atoms with Crippen LogP contribution in [0, 0.1) is 0 Å². The molecule has 106 valence electrons. The molecule has 0 atom stereocenters. The summed E-state index contributed by atoms with van der Waals surface area (Å²) in [7, 11) is -4.37. The molecule has 0 saturated heterocycles. The zero-order chi connectivity index (χ0) is 14.8. The van der Waals surface area contributed by atoms with Crippen LogP contribution in [-0.4, -0.2) is 20.0 Å². The van der Waals surface area contributed by atoms with Gasteiger partial charge in [-0.25, -0.2) is 0 Å². The van der Waals surface area contributed by atoms with Crippen molar-refractivity contribution in [2.75, 3.05) is 0 Å². The Labute approximate surface area is 116 Å². The lowest BCUT2D eigenvalue weighted by molar-refractivity contribution is 0.387. The maximum absolute atomic E-state index is 11.4. The van der Waals surface area contributed by atoms with Crippen molar-refractivity contribution in [1.29, 1.82) is 0 Å². The lowest BCUT2D eigenvalue weighted by Gasteiger charge is -2.11. The second-order valence-electron chi connectivity index (χ2n) is 4.53. The van der Waals surface area contributed by atoms with E-state index in [-0.39, 0.29) is 16.8 Å². The van der Waals surface area contributed by atoms with Crippen molar-refractivity contribution < 1.29 is 24.6 Å². The van der Waals surface area contributed by atoms with Gasteiger partial charge in [0.1, 0.15) is 11.5 Å².